The molecule has 0 fully saturated rings. The lowest BCUT2D eigenvalue weighted by Gasteiger charge is -2.14. The summed E-state index contributed by atoms with van der Waals surface area (Å²) in [6.07, 6.45) is 0. The molecule has 0 saturated carbocycles. The van der Waals surface area contributed by atoms with Crippen molar-refractivity contribution in [2.75, 3.05) is 0 Å². The molecule has 0 aliphatic heterocycles. The van der Waals surface area contributed by atoms with Crippen LogP contribution in [0.25, 0.3) is 0 Å². The predicted molar refractivity (Wildman–Crippen MR) is 73.5 cm³/mol. The number of halogens is 2. The third-order valence-electron chi connectivity index (χ3n) is 2.21. The van der Waals surface area contributed by atoms with Crippen molar-refractivity contribution in [1.29, 1.82) is 0 Å². The van der Waals surface area contributed by atoms with E-state index in [4.69, 9.17) is 10.5 Å². The van der Waals surface area contributed by atoms with Crippen molar-refractivity contribution in [2.24, 2.45) is 11.7 Å². The Kier molecular flexibility index (Phi) is 10.1. The van der Waals surface area contributed by atoms with Gasteiger partial charge in [-0.2, -0.15) is 0 Å². The van der Waals surface area contributed by atoms with Crippen LogP contribution >= 0.6 is 24.8 Å². The minimum absolute atomic E-state index is 0. The van der Waals surface area contributed by atoms with Gasteiger partial charge in [0.2, 0.25) is 0 Å². The number of benzene rings is 1. The number of ether oxygens (including phenoxy) is 1. The molecular weight excluding hydrogens is 261 g/mol. The number of hydrogen-bond donors (Lipinski definition) is 1. The Hall–Kier alpha value is -0.770. The third kappa shape index (κ3) is 6.51. The monoisotopic (exact) mass is 279 g/mol. The fourth-order valence-electron chi connectivity index (χ4n) is 1.10. The molecule has 1 unspecified atom stereocenters. The fraction of sp³-hybridized carbons (Fsp3) is 0.417. The van der Waals surface area contributed by atoms with Crippen molar-refractivity contribution in [1.82, 2.24) is 0 Å². The molecule has 3 nitrogen and oxygen atoms in total. The van der Waals surface area contributed by atoms with Gasteiger partial charge in [-0.05, 0) is 11.5 Å². The summed E-state index contributed by atoms with van der Waals surface area (Å²) in [7, 11) is 0. The normalized spacial score (nSPS) is 11.1. The molecule has 1 aromatic rings. The highest BCUT2D eigenvalue weighted by molar-refractivity contribution is 5.85. The number of carbonyl (C=O) groups is 1. The summed E-state index contributed by atoms with van der Waals surface area (Å²) in [5, 5.41) is 0. The summed E-state index contributed by atoms with van der Waals surface area (Å²) in [6, 6.07) is 9.03. The van der Waals surface area contributed by atoms with Crippen LogP contribution in [0.15, 0.2) is 30.3 Å². The van der Waals surface area contributed by atoms with Gasteiger partial charge < -0.3 is 10.5 Å². The molecule has 1 rings (SSSR count). The first-order chi connectivity index (χ1) is 7.11. The third-order valence-corrected chi connectivity index (χ3v) is 2.21. The van der Waals surface area contributed by atoms with Gasteiger partial charge in [-0.25, -0.2) is 0 Å². The zero-order chi connectivity index (χ0) is 11.3. The maximum absolute atomic E-state index is 11.4. The van der Waals surface area contributed by atoms with Crippen LogP contribution in [0.2, 0.25) is 0 Å². The maximum atomic E-state index is 11.4. The van der Waals surface area contributed by atoms with Gasteiger partial charge in [-0.15, -0.1) is 24.8 Å². The van der Waals surface area contributed by atoms with Crippen LogP contribution in [-0.2, 0) is 16.1 Å². The van der Waals surface area contributed by atoms with E-state index in [9.17, 15) is 4.79 Å². The highest BCUT2D eigenvalue weighted by Gasteiger charge is 2.18. The van der Waals surface area contributed by atoms with Crippen LogP contribution in [-0.4, -0.2) is 12.0 Å². The van der Waals surface area contributed by atoms with Gasteiger partial charge in [0.25, 0.3) is 0 Å². The molecule has 98 valence electrons. The second kappa shape index (κ2) is 9.28. The standard InChI is InChI=1S/C12H17NO2.2ClH/c1-9(2)11(13)12(14)15-8-10-6-4-3-5-7-10;;/h3-7,9,11H,8,13H2,1-2H3;2*1H. The van der Waals surface area contributed by atoms with Crippen LogP contribution in [0, 0.1) is 5.92 Å². The molecule has 0 bridgehead atoms. The van der Waals surface area contributed by atoms with E-state index >= 15 is 0 Å². The first-order valence-electron chi connectivity index (χ1n) is 5.07. The molecule has 1 atom stereocenters. The minimum Gasteiger partial charge on any atom is -0.460 e. The Morgan fingerprint density at radius 1 is 1.24 bits per heavy atom. The van der Waals surface area contributed by atoms with Gasteiger partial charge in [-0.1, -0.05) is 44.2 Å². The van der Waals surface area contributed by atoms with Crippen molar-refractivity contribution < 1.29 is 9.53 Å². The quantitative estimate of drug-likeness (QED) is 0.862. The van der Waals surface area contributed by atoms with Crippen LogP contribution < -0.4 is 5.73 Å². The molecule has 0 saturated heterocycles. The van der Waals surface area contributed by atoms with E-state index in [1.807, 2.05) is 44.2 Å². The SMILES string of the molecule is CC(C)C(N)C(=O)OCc1ccccc1.Cl.Cl. The highest BCUT2D eigenvalue weighted by atomic mass is 35.5. The van der Waals surface area contributed by atoms with Gasteiger partial charge in [0, 0.05) is 0 Å². The number of nitrogens with two attached hydrogens (primary N) is 1. The van der Waals surface area contributed by atoms with E-state index in [-0.39, 0.29) is 36.7 Å². The predicted octanol–water partition coefficient (Wildman–Crippen LogP) is 2.56. The second-order valence-corrected chi connectivity index (χ2v) is 3.86. The lowest BCUT2D eigenvalue weighted by Crippen LogP contribution is -2.36. The summed E-state index contributed by atoms with van der Waals surface area (Å²) >= 11 is 0. The van der Waals surface area contributed by atoms with E-state index < -0.39 is 6.04 Å². The van der Waals surface area contributed by atoms with Gasteiger partial charge in [0.05, 0.1) is 0 Å². The molecule has 2 N–H and O–H groups in total. The summed E-state index contributed by atoms with van der Waals surface area (Å²) in [5.74, 6) is -0.234. The first kappa shape index (κ1) is 18.6. The van der Waals surface area contributed by atoms with Crippen LogP contribution in [0.3, 0.4) is 0 Å². The number of esters is 1. The van der Waals surface area contributed by atoms with Gasteiger partial charge in [-0.3, -0.25) is 4.79 Å². The topological polar surface area (TPSA) is 52.3 Å². The van der Waals surface area contributed by atoms with Crippen LogP contribution in [0.4, 0.5) is 0 Å². The van der Waals surface area contributed by atoms with Crippen molar-refractivity contribution in [3.8, 4) is 0 Å². The molecule has 0 radical (unpaired) electrons. The van der Waals surface area contributed by atoms with E-state index in [0.29, 0.717) is 6.61 Å². The summed E-state index contributed by atoms with van der Waals surface area (Å²) in [4.78, 5) is 11.4. The van der Waals surface area contributed by atoms with Crippen molar-refractivity contribution in [2.45, 2.75) is 26.5 Å². The lowest BCUT2D eigenvalue weighted by molar-refractivity contribution is -0.147. The average Bonchev–Trinajstić information content (AvgIpc) is 2.26. The minimum atomic E-state index is -0.534. The molecule has 17 heavy (non-hydrogen) atoms. The second-order valence-electron chi connectivity index (χ2n) is 3.86. The van der Waals surface area contributed by atoms with Gasteiger partial charge >= 0.3 is 5.97 Å². The largest absolute Gasteiger partial charge is 0.460 e. The zero-order valence-corrected chi connectivity index (χ0v) is 11.6. The number of hydrogen-bond acceptors (Lipinski definition) is 3. The van der Waals surface area contributed by atoms with Crippen molar-refractivity contribution in [3.63, 3.8) is 0 Å². The van der Waals surface area contributed by atoms with Crippen molar-refractivity contribution >= 4 is 30.8 Å². The molecule has 0 aromatic heterocycles. The Morgan fingerprint density at radius 2 is 1.76 bits per heavy atom. The Bertz CT molecular complexity index is 318. The highest BCUT2D eigenvalue weighted by Crippen LogP contribution is 2.04. The molecular formula is C12H19Cl2NO2. The summed E-state index contributed by atoms with van der Waals surface area (Å²) < 4.78 is 5.09. The molecule has 0 aliphatic carbocycles. The van der Waals surface area contributed by atoms with Crippen molar-refractivity contribution in [3.05, 3.63) is 35.9 Å². The van der Waals surface area contributed by atoms with Gasteiger partial charge in [0.1, 0.15) is 12.6 Å². The molecule has 0 spiro atoms. The van der Waals surface area contributed by atoms with Crippen LogP contribution in [0.1, 0.15) is 19.4 Å². The van der Waals surface area contributed by atoms with E-state index in [1.165, 1.54) is 0 Å². The van der Waals surface area contributed by atoms with E-state index in [1.54, 1.807) is 0 Å². The number of carbonyl (C=O) groups excluding carboxylic acids is 1. The summed E-state index contributed by atoms with van der Waals surface area (Å²) in [6.45, 7) is 4.09. The smallest absolute Gasteiger partial charge is 0.323 e. The molecule has 5 heteroatoms. The van der Waals surface area contributed by atoms with E-state index in [2.05, 4.69) is 0 Å². The molecule has 0 heterocycles. The zero-order valence-electron chi connectivity index (χ0n) is 9.96. The maximum Gasteiger partial charge on any atom is 0.323 e. The molecule has 1 aromatic carbocycles. The number of rotatable bonds is 4. The lowest BCUT2D eigenvalue weighted by atomic mass is 10.1. The van der Waals surface area contributed by atoms with Crippen LogP contribution in [0.5, 0.6) is 0 Å². The van der Waals surface area contributed by atoms with Gasteiger partial charge in [0.15, 0.2) is 0 Å². The average molecular weight is 280 g/mol. The molecule has 0 amide bonds. The molecule has 0 aliphatic rings. The Labute approximate surface area is 115 Å². The summed E-state index contributed by atoms with van der Waals surface area (Å²) in [5.41, 5.74) is 6.62. The van der Waals surface area contributed by atoms with E-state index in [0.717, 1.165) is 5.56 Å². The Balaban J connectivity index is 0. The Morgan fingerprint density at radius 3 is 2.24 bits per heavy atom. The first-order valence-corrected chi connectivity index (χ1v) is 5.07. The fourth-order valence-corrected chi connectivity index (χ4v) is 1.10.